The van der Waals surface area contributed by atoms with Crippen LogP contribution in [0.3, 0.4) is 0 Å². The van der Waals surface area contributed by atoms with Gasteiger partial charge in [-0.15, -0.1) is 0 Å². The van der Waals surface area contributed by atoms with Crippen molar-refractivity contribution in [3.05, 3.63) is 0 Å². The summed E-state index contributed by atoms with van der Waals surface area (Å²) in [5, 5.41) is 18.3. The molecule has 21 heteroatoms. The molecule has 0 heterocycles. The van der Waals surface area contributed by atoms with Crippen molar-refractivity contribution < 1.29 is 54.7 Å². The van der Waals surface area contributed by atoms with Crippen molar-refractivity contribution in [1.29, 1.82) is 0 Å². The lowest BCUT2D eigenvalue weighted by Crippen LogP contribution is -2.51. The Morgan fingerprint density at radius 1 is 0.560 bits per heavy atom. The number of guanidine groups is 4. The highest BCUT2D eigenvalue weighted by Crippen LogP contribution is 2.42. The van der Waals surface area contributed by atoms with Gasteiger partial charge in [-0.25, -0.2) is 0 Å². The fraction of sp³-hybridized carbons (Fsp3) is 0. The number of hydrogen-bond donors (Lipinski definition) is 12. The van der Waals surface area contributed by atoms with Crippen LogP contribution in [0.25, 0.3) is 0 Å². The minimum atomic E-state index is -5.68. The molecule has 0 amide bonds. The molecule has 0 spiro atoms. The van der Waals surface area contributed by atoms with Crippen molar-refractivity contribution in [2.75, 3.05) is 0 Å². The first-order chi connectivity index (χ1) is 10.6. The number of nitrogens with two attached hydrogens (primary N) is 12. The Bertz CT molecular complexity index is 414. The fourth-order valence-electron chi connectivity index (χ4n) is 0.122. The van der Waals surface area contributed by atoms with Crippen LogP contribution in [0, 0.1) is 0 Å². The summed E-state index contributed by atoms with van der Waals surface area (Å²) >= 11 is 0. The Morgan fingerprint density at radius 2 is 0.640 bits per heavy atom. The minimum Gasteiger partial charge on any atom is -0.790 e. The maximum absolute atomic E-state index is 9.32. The molecule has 0 aliphatic rings. The molecule has 25 heavy (non-hydrogen) atoms. The third-order valence-corrected chi connectivity index (χ3v) is 1.80. The standard InChI is InChI=1S/4CH5N3.H4O7P2/c4*2-1(3)4;1-8(2,3)7-9(4,5)6/h4*(H5,2,3,4);(H2,1,2,3)(H2,4,5,6). The van der Waals surface area contributed by atoms with E-state index >= 15 is 0 Å². The average Bonchev–Trinajstić information content (AvgIpc) is 2.04. The number of hydrogen-bond acceptors (Lipinski definition) is 7. The van der Waals surface area contributed by atoms with Crippen LogP contribution in [0.5, 0.6) is 0 Å². The molecule has 0 aliphatic heterocycles. The van der Waals surface area contributed by atoms with Gasteiger partial charge in [0.1, 0.15) is 0 Å². The molecule has 0 bridgehead atoms. The molecule has 0 saturated carbocycles. The molecule has 0 aromatic rings. The Hall–Kier alpha value is -2.66. The molecule has 24 N–H and O–H groups in total. The van der Waals surface area contributed by atoms with Crippen LogP contribution in [0.1, 0.15) is 0 Å². The summed E-state index contributed by atoms with van der Waals surface area (Å²) < 4.78 is 21.2. The molecular weight excluding hydrogens is 390 g/mol. The van der Waals surface area contributed by atoms with Crippen molar-refractivity contribution in [3.8, 4) is 0 Å². The minimum absolute atomic E-state index is 0.0833. The van der Waals surface area contributed by atoms with E-state index in [2.05, 4.69) is 71.8 Å². The summed E-state index contributed by atoms with van der Waals surface area (Å²) in [5.74, 6) is -0.333. The molecule has 152 valence electrons. The van der Waals surface area contributed by atoms with E-state index in [0.29, 0.717) is 0 Å². The summed E-state index contributed by atoms with van der Waals surface area (Å²) in [4.78, 5) is 37.3. The van der Waals surface area contributed by atoms with Gasteiger partial charge in [0.15, 0.2) is 0 Å². The molecule has 0 aromatic carbocycles. The Kier molecular flexibility index (Phi) is 23.9. The highest BCUT2D eigenvalue weighted by atomic mass is 31.3. The number of rotatable bonds is 2. The van der Waals surface area contributed by atoms with Crippen molar-refractivity contribution >= 4 is 39.5 Å². The Balaban J connectivity index is -0.0000000714. The molecule has 0 fully saturated rings. The van der Waals surface area contributed by atoms with E-state index in [-0.39, 0.29) is 23.8 Å². The molecule has 0 saturated heterocycles. The van der Waals surface area contributed by atoms with Gasteiger partial charge in [0.05, 0.1) is 15.6 Å². The van der Waals surface area contributed by atoms with Gasteiger partial charge in [-0.05, 0) is 0 Å². The van der Waals surface area contributed by atoms with Crippen molar-refractivity contribution in [2.24, 2.45) is 45.9 Å². The third-order valence-electron chi connectivity index (χ3n) is 0.200. The summed E-state index contributed by atoms with van der Waals surface area (Å²) in [6, 6.07) is 0. The second-order valence-electron chi connectivity index (χ2n) is 2.98. The Morgan fingerprint density at radius 3 is 0.640 bits per heavy atom. The molecule has 0 aromatic heterocycles. The van der Waals surface area contributed by atoms with Crippen LogP contribution in [0.4, 0.5) is 0 Å². The number of phosphoric acid groups is 2. The van der Waals surface area contributed by atoms with E-state index < -0.39 is 15.6 Å². The zero-order valence-electron chi connectivity index (χ0n) is 12.7. The first-order valence-corrected chi connectivity index (χ1v) is 7.85. The quantitative estimate of drug-likeness (QED) is 0.113. The van der Waals surface area contributed by atoms with Crippen molar-refractivity contribution in [3.63, 3.8) is 0 Å². The van der Waals surface area contributed by atoms with E-state index in [9.17, 15) is 28.7 Å². The van der Waals surface area contributed by atoms with Gasteiger partial charge in [-0.3, -0.25) is 67.5 Å². The molecule has 0 radical (unpaired) electrons. The van der Waals surface area contributed by atoms with Gasteiger partial charge < -0.3 is 33.0 Å². The summed E-state index contributed by atoms with van der Waals surface area (Å²) in [6.07, 6.45) is 0. The van der Waals surface area contributed by atoms with Gasteiger partial charge in [0.25, 0.3) is 0 Å². The van der Waals surface area contributed by atoms with Crippen LogP contribution >= 0.6 is 15.6 Å². The van der Waals surface area contributed by atoms with Crippen LogP contribution in [0.2, 0.25) is 0 Å². The topological polar surface area (TPSA) is 446 Å². The monoisotopic (exact) mass is 414 g/mol. The first-order valence-electron chi connectivity index (χ1n) is 4.92. The van der Waals surface area contributed by atoms with Gasteiger partial charge >= 0.3 is 23.8 Å². The third kappa shape index (κ3) is 716. The predicted octanol–water partition coefficient (Wildman–Crippen LogP) is -15.3. The summed E-state index contributed by atoms with van der Waals surface area (Å²) in [7, 11) is -11.4. The first kappa shape index (κ1) is 33.8. The zero-order valence-corrected chi connectivity index (χ0v) is 14.5. The van der Waals surface area contributed by atoms with Crippen LogP contribution in [0.15, 0.2) is 0 Å². The van der Waals surface area contributed by atoms with E-state index in [1.54, 1.807) is 0 Å². The van der Waals surface area contributed by atoms with Gasteiger partial charge in [0.2, 0.25) is 0 Å². The molecule has 0 rings (SSSR count). The van der Waals surface area contributed by atoms with Gasteiger partial charge in [-0.2, -0.15) is 0 Å². The lowest BCUT2D eigenvalue weighted by atomic mass is 11.1. The van der Waals surface area contributed by atoms with E-state index in [4.69, 9.17) is 0 Å². The zero-order chi connectivity index (χ0) is 22.0. The smallest absolute Gasteiger partial charge is 0.336 e. The fourth-order valence-corrected chi connectivity index (χ4v) is 1.10. The van der Waals surface area contributed by atoms with Crippen molar-refractivity contribution in [1.82, 2.24) is 0 Å². The molecule has 0 atom stereocenters. The maximum Gasteiger partial charge on any atom is 0.336 e. The van der Waals surface area contributed by atoms with Crippen LogP contribution in [-0.2, 0) is 13.4 Å². The second-order valence-corrected chi connectivity index (χ2v) is 5.42. The average molecular weight is 414 g/mol. The van der Waals surface area contributed by atoms with Crippen LogP contribution in [-0.4, -0.2) is 23.8 Å². The molecule has 0 unspecified atom stereocenters. The predicted molar refractivity (Wildman–Crippen MR) is 77.5 cm³/mol. The van der Waals surface area contributed by atoms with E-state index in [0.717, 1.165) is 0 Å². The SMILES string of the molecule is NC(N)=[NH2+].NC(N)=[NH2+].NC(N)=[NH2+].NC(N)=[NH2+].O=P([O-])([O-])OP(=O)([O-])[O-]. The molecular formula is C4H24N12O7P2. The lowest BCUT2D eigenvalue weighted by Gasteiger charge is -2.39. The lowest BCUT2D eigenvalue weighted by molar-refractivity contribution is -0.364. The molecule has 19 nitrogen and oxygen atoms in total. The van der Waals surface area contributed by atoms with E-state index in [1.165, 1.54) is 0 Å². The maximum atomic E-state index is 9.32. The highest BCUT2D eigenvalue weighted by Gasteiger charge is 1.92. The van der Waals surface area contributed by atoms with Gasteiger partial charge in [-0.1, -0.05) is 0 Å². The largest absolute Gasteiger partial charge is 0.790 e. The molecule has 0 aliphatic carbocycles. The van der Waals surface area contributed by atoms with Crippen molar-refractivity contribution in [2.45, 2.75) is 0 Å². The Labute approximate surface area is 141 Å². The highest BCUT2D eigenvalue weighted by molar-refractivity contribution is 7.57. The van der Waals surface area contributed by atoms with Gasteiger partial charge in [0, 0.05) is 0 Å². The second kappa shape index (κ2) is 17.7. The summed E-state index contributed by atoms with van der Waals surface area (Å²) in [6.45, 7) is 0. The van der Waals surface area contributed by atoms with E-state index in [1.807, 2.05) is 0 Å². The normalized spacial score (nSPS) is 8.80. The van der Waals surface area contributed by atoms with Crippen LogP contribution < -0.4 is 87.1 Å². The summed E-state index contributed by atoms with van der Waals surface area (Å²) in [5.41, 5.74) is 36.7.